The molecular formula is C7H10N2O. The fourth-order valence-electron chi connectivity index (χ4n) is 1.03. The zero-order valence-electron chi connectivity index (χ0n) is 5.92. The third-order valence-electron chi connectivity index (χ3n) is 1.88. The summed E-state index contributed by atoms with van der Waals surface area (Å²) in [5, 5.41) is 3.78. The summed E-state index contributed by atoms with van der Waals surface area (Å²) >= 11 is 0. The SMILES string of the molecule is Cc1noc(C2CC2)c1N. The number of hydrogen-bond donors (Lipinski definition) is 1. The first kappa shape index (κ1) is 5.77. The van der Waals surface area contributed by atoms with Crippen LogP contribution in [-0.4, -0.2) is 5.16 Å². The highest BCUT2D eigenvalue weighted by Crippen LogP contribution is 2.43. The Balaban J connectivity index is 2.40. The van der Waals surface area contributed by atoms with Crippen LogP contribution in [0.5, 0.6) is 0 Å². The lowest BCUT2D eigenvalue weighted by atomic mass is 10.2. The molecule has 0 amide bonds. The van der Waals surface area contributed by atoms with Gasteiger partial charge in [0.1, 0.15) is 5.69 Å². The molecule has 54 valence electrons. The molecule has 2 rings (SSSR count). The lowest BCUT2D eigenvalue weighted by Gasteiger charge is -1.88. The minimum absolute atomic E-state index is 0.571. The van der Waals surface area contributed by atoms with Crippen molar-refractivity contribution in [3.63, 3.8) is 0 Å². The molecule has 1 aliphatic rings. The molecule has 0 bridgehead atoms. The van der Waals surface area contributed by atoms with Crippen LogP contribution in [0.25, 0.3) is 0 Å². The van der Waals surface area contributed by atoms with Crippen molar-refractivity contribution in [2.24, 2.45) is 0 Å². The van der Waals surface area contributed by atoms with E-state index in [-0.39, 0.29) is 0 Å². The highest BCUT2D eigenvalue weighted by Gasteiger charge is 2.30. The number of rotatable bonds is 1. The van der Waals surface area contributed by atoms with Gasteiger partial charge in [0, 0.05) is 5.92 Å². The van der Waals surface area contributed by atoms with Gasteiger partial charge in [0.15, 0.2) is 5.76 Å². The number of aryl methyl sites for hydroxylation is 1. The summed E-state index contributed by atoms with van der Waals surface area (Å²) in [5.74, 6) is 1.47. The first-order valence-electron chi connectivity index (χ1n) is 3.50. The quantitative estimate of drug-likeness (QED) is 0.638. The van der Waals surface area contributed by atoms with E-state index in [1.165, 1.54) is 12.8 Å². The number of nitrogens with two attached hydrogens (primary N) is 1. The molecule has 1 saturated carbocycles. The molecule has 3 heteroatoms. The number of hydrogen-bond acceptors (Lipinski definition) is 3. The molecule has 1 aromatic rings. The summed E-state index contributed by atoms with van der Waals surface area (Å²) in [6.45, 7) is 1.87. The second kappa shape index (κ2) is 1.75. The molecule has 1 aromatic heterocycles. The van der Waals surface area contributed by atoms with Gasteiger partial charge in [-0.3, -0.25) is 0 Å². The zero-order valence-corrected chi connectivity index (χ0v) is 5.92. The van der Waals surface area contributed by atoms with Crippen LogP contribution in [0.2, 0.25) is 0 Å². The van der Waals surface area contributed by atoms with Gasteiger partial charge in [-0.15, -0.1) is 0 Å². The lowest BCUT2D eigenvalue weighted by Crippen LogP contribution is -1.88. The Morgan fingerprint density at radius 3 is 2.70 bits per heavy atom. The maximum absolute atomic E-state index is 5.69. The van der Waals surface area contributed by atoms with Crippen LogP contribution in [0.4, 0.5) is 5.69 Å². The molecule has 0 radical (unpaired) electrons. The Morgan fingerprint density at radius 2 is 2.30 bits per heavy atom. The Labute approximate surface area is 59.2 Å². The monoisotopic (exact) mass is 138 g/mol. The summed E-state index contributed by atoms with van der Waals surface area (Å²) in [4.78, 5) is 0. The maximum Gasteiger partial charge on any atom is 0.162 e. The van der Waals surface area contributed by atoms with Gasteiger partial charge in [0.05, 0.1) is 5.69 Å². The third kappa shape index (κ3) is 0.701. The van der Waals surface area contributed by atoms with E-state index in [9.17, 15) is 0 Å². The molecule has 2 N–H and O–H groups in total. The highest BCUT2D eigenvalue weighted by molar-refractivity contribution is 5.48. The van der Waals surface area contributed by atoms with Crippen LogP contribution in [-0.2, 0) is 0 Å². The van der Waals surface area contributed by atoms with Crippen molar-refractivity contribution < 1.29 is 4.52 Å². The van der Waals surface area contributed by atoms with Gasteiger partial charge in [-0.25, -0.2) is 0 Å². The van der Waals surface area contributed by atoms with E-state index in [4.69, 9.17) is 10.3 Å². The summed E-state index contributed by atoms with van der Waals surface area (Å²) < 4.78 is 5.04. The van der Waals surface area contributed by atoms with E-state index >= 15 is 0 Å². The first-order valence-corrected chi connectivity index (χ1v) is 3.50. The molecule has 0 unspecified atom stereocenters. The standard InChI is InChI=1S/C7H10N2O/c1-4-6(8)7(10-9-4)5-2-3-5/h5H,2-3,8H2,1H3. The zero-order chi connectivity index (χ0) is 7.14. The number of anilines is 1. The normalized spacial score (nSPS) is 17.7. The van der Waals surface area contributed by atoms with E-state index in [0.717, 1.165) is 17.1 Å². The van der Waals surface area contributed by atoms with Gasteiger partial charge < -0.3 is 10.3 Å². The van der Waals surface area contributed by atoms with Crippen LogP contribution in [0.15, 0.2) is 4.52 Å². The summed E-state index contributed by atoms with van der Waals surface area (Å²) in [6, 6.07) is 0. The average Bonchev–Trinajstić information content (AvgIpc) is 2.67. The van der Waals surface area contributed by atoms with Crippen molar-refractivity contribution >= 4 is 5.69 Å². The Morgan fingerprint density at radius 1 is 1.60 bits per heavy atom. The molecule has 0 aliphatic heterocycles. The van der Waals surface area contributed by atoms with Crippen molar-refractivity contribution in [2.45, 2.75) is 25.7 Å². The Kier molecular flexibility index (Phi) is 1.01. The van der Waals surface area contributed by atoms with Gasteiger partial charge >= 0.3 is 0 Å². The lowest BCUT2D eigenvalue weighted by molar-refractivity contribution is 0.381. The van der Waals surface area contributed by atoms with Crippen LogP contribution in [0.1, 0.15) is 30.2 Å². The summed E-state index contributed by atoms with van der Waals surface area (Å²) in [5.41, 5.74) is 7.26. The second-order valence-electron chi connectivity index (χ2n) is 2.82. The molecule has 1 fully saturated rings. The van der Waals surface area contributed by atoms with E-state index in [1.54, 1.807) is 0 Å². The van der Waals surface area contributed by atoms with E-state index < -0.39 is 0 Å². The number of aromatic nitrogens is 1. The summed E-state index contributed by atoms with van der Waals surface area (Å²) in [6.07, 6.45) is 2.41. The maximum atomic E-state index is 5.69. The van der Waals surface area contributed by atoms with Crippen molar-refractivity contribution in [1.82, 2.24) is 5.16 Å². The molecule has 0 aromatic carbocycles. The van der Waals surface area contributed by atoms with Crippen molar-refractivity contribution in [1.29, 1.82) is 0 Å². The molecule has 0 spiro atoms. The van der Waals surface area contributed by atoms with E-state index in [1.807, 2.05) is 6.92 Å². The Hall–Kier alpha value is -0.990. The highest BCUT2D eigenvalue weighted by atomic mass is 16.5. The summed E-state index contributed by atoms with van der Waals surface area (Å²) in [7, 11) is 0. The third-order valence-corrected chi connectivity index (χ3v) is 1.88. The molecule has 0 atom stereocenters. The second-order valence-corrected chi connectivity index (χ2v) is 2.82. The predicted octanol–water partition coefficient (Wildman–Crippen LogP) is 1.44. The molecular weight excluding hydrogens is 128 g/mol. The molecule has 1 heterocycles. The minimum atomic E-state index is 0.571. The van der Waals surface area contributed by atoms with E-state index in [0.29, 0.717) is 5.92 Å². The molecule has 0 saturated heterocycles. The number of nitrogen functional groups attached to an aromatic ring is 1. The Bertz CT molecular complexity index is 250. The molecule has 10 heavy (non-hydrogen) atoms. The average molecular weight is 138 g/mol. The fourth-order valence-corrected chi connectivity index (χ4v) is 1.03. The molecule has 3 nitrogen and oxygen atoms in total. The van der Waals surface area contributed by atoms with Crippen LogP contribution >= 0.6 is 0 Å². The van der Waals surface area contributed by atoms with Gasteiger partial charge in [-0.05, 0) is 19.8 Å². The van der Waals surface area contributed by atoms with E-state index in [2.05, 4.69) is 5.16 Å². The van der Waals surface area contributed by atoms with Crippen molar-refractivity contribution in [3.05, 3.63) is 11.5 Å². The van der Waals surface area contributed by atoms with Gasteiger partial charge in [0.25, 0.3) is 0 Å². The minimum Gasteiger partial charge on any atom is -0.394 e. The fraction of sp³-hybridized carbons (Fsp3) is 0.571. The topological polar surface area (TPSA) is 52.0 Å². The van der Waals surface area contributed by atoms with Gasteiger partial charge in [-0.1, -0.05) is 5.16 Å². The van der Waals surface area contributed by atoms with Crippen molar-refractivity contribution in [2.75, 3.05) is 5.73 Å². The van der Waals surface area contributed by atoms with Crippen LogP contribution < -0.4 is 5.73 Å². The predicted molar refractivity (Wildman–Crippen MR) is 37.6 cm³/mol. The first-order chi connectivity index (χ1) is 4.79. The van der Waals surface area contributed by atoms with Crippen LogP contribution in [0.3, 0.4) is 0 Å². The van der Waals surface area contributed by atoms with Crippen molar-refractivity contribution in [3.8, 4) is 0 Å². The smallest absolute Gasteiger partial charge is 0.162 e. The largest absolute Gasteiger partial charge is 0.394 e. The van der Waals surface area contributed by atoms with Gasteiger partial charge in [0.2, 0.25) is 0 Å². The number of nitrogens with zero attached hydrogens (tertiary/aromatic N) is 1. The molecule has 1 aliphatic carbocycles. The van der Waals surface area contributed by atoms with Crippen LogP contribution in [0, 0.1) is 6.92 Å². The van der Waals surface area contributed by atoms with Gasteiger partial charge in [-0.2, -0.15) is 0 Å².